The topological polar surface area (TPSA) is 78.3 Å². The fraction of sp³-hybridized carbons (Fsp3) is 0.393. The van der Waals surface area contributed by atoms with E-state index in [2.05, 4.69) is 12.2 Å². The number of ketones is 1. The quantitative estimate of drug-likeness (QED) is 0.224. The van der Waals surface area contributed by atoms with E-state index in [0.29, 0.717) is 41.4 Å². The summed E-state index contributed by atoms with van der Waals surface area (Å²) in [5, 5.41) is 9.57. The van der Waals surface area contributed by atoms with E-state index in [4.69, 9.17) is 31.2 Å². The number of carbonyl (C=O) groups is 1. The first-order valence-electron chi connectivity index (χ1n) is 12.8. The van der Waals surface area contributed by atoms with E-state index in [-0.39, 0.29) is 11.8 Å². The molecule has 5 rings (SSSR count). The Hall–Kier alpha value is -2.97. The summed E-state index contributed by atoms with van der Waals surface area (Å²) in [5.41, 5.74) is 3.63. The van der Waals surface area contributed by atoms with Crippen molar-refractivity contribution in [3.05, 3.63) is 69.9 Å². The molecule has 1 N–H and O–H groups in total. The Kier molecular flexibility index (Phi) is 8.05. The number of nitrogens with zero attached hydrogens (tertiary/aromatic N) is 3. The van der Waals surface area contributed by atoms with Crippen LogP contribution in [0.2, 0.25) is 5.02 Å². The first-order valence-corrected chi connectivity index (χ1v) is 14.1. The van der Waals surface area contributed by atoms with Gasteiger partial charge in [0.15, 0.2) is 17.3 Å². The van der Waals surface area contributed by atoms with Crippen LogP contribution in [-0.2, 0) is 10.5 Å². The fourth-order valence-electron chi connectivity index (χ4n) is 4.77. The Labute approximate surface area is 226 Å². The molecule has 0 radical (unpaired) electrons. The number of unbranched alkanes of at least 4 members (excludes halogenated alkanes) is 2. The summed E-state index contributed by atoms with van der Waals surface area (Å²) in [6.45, 7) is 2.81. The van der Waals surface area contributed by atoms with E-state index in [9.17, 15) is 4.79 Å². The molecule has 0 fully saturated rings. The SMILES string of the molecule is CCCCCOc1ccc(C2C3=C(CCCC3=O)Nc3nc(SCc4ccccc4Cl)nn32)cc1OC. The number of ether oxygens (including phenoxy) is 2. The number of aromatic nitrogens is 3. The second-order valence-corrected chi connectivity index (χ2v) is 10.6. The molecular formula is C28H31ClN4O3S. The monoisotopic (exact) mass is 538 g/mol. The molecule has 2 aliphatic rings. The molecule has 0 saturated carbocycles. The predicted octanol–water partition coefficient (Wildman–Crippen LogP) is 6.82. The van der Waals surface area contributed by atoms with Gasteiger partial charge >= 0.3 is 0 Å². The first-order chi connectivity index (χ1) is 18.1. The third-order valence-electron chi connectivity index (χ3n) is 6.67. The number of benzene rings is 2. The Bertz CT molecular complexity index is 1320. The Morgan fingerprint density at radius 1 is 1.16 bits per heavy atom. The normalized spacial score (nSPS) is 16.7. The van der Waals surface area contributed by atoms with Gasteiger partial charge in [-0.15, -0.1) is 5.10 Å². The van der Waals surface area contributed by atoms with Gasteiger partial charge in [0.1, 0.15) is 6.04 Å². The standard InChI is InChI=1S/C28H31ClN4O3S/c1-3-4-7-15-36-23-14-13-18(16-24(23)35-2)26-25-21(11-8-12-22(25)34)30-27-31-28(32-33(26)27)37-17-19-9-5-6-10-20(19)29/h5-6,9-10,13-14,16,26H,3-4,7-8,11-12,15,17H2,1-2H3,(H,30,31,32). The number of hydrogen-bond acceptors (Lipinski definition) is 7. The van der Waals surface area contributed by atoms with Gasteiger partial charge in [0, 0.05) is 28.5 Å². The lowest BCUT2D eigenvalue weighted by Crippen LogP contribution is -2.31. The number of anilines is 1. The van der Waals surface area contributed by atoms with Crippen LogP contribution in [0.15, 0.2) is 58.9 Å². The van der Waals surface area contributed by atoms with Crippen LogP contribution >= 0.6 is 23.4 Å². The number of methoxy groups -OCH3 is 1. The van der Waals surface area contributed by atoms with Crippen molar-refractivity contribution in [2.75, 3.05) is 19.0 Å². The number of carbonyl (C=O) groups excluding carboxylic acids is 1. The van der Waals surface area contributed by atoms with E-state index >= 15 is 0 Å². The first kappa shape index (κ1) is 25.7. The summed E-state index contributed by atoms with van der Waals surface area (Å²) < 4.78 is 13.5. The lowest BCUT2D eigenvalue weighted by molar-refractivity contribution is -0.116. The molecular weight excluding hydrogens is 508 g/mol. The number of rotatable bonds is 10. The fourth-order valence-corrected chi connectivity index (χ4v) is 5.89. The lowest BCUT2D eigenvalue weighted by atomic mass is 9.85. The van der Waals surface area contributed by atoms with E-state index in [0.717, 1.165) is 59.5 Å². The minimum atomic E-state index is -0.385. The zero-order valence-corrected chi connectivity index (χ0v) is 22.7. The number of hydrogen-bond donors (Lipinski definition) is 1. The molecule has 1 aliphatic carbocycles. The van der Waals surface area contributed by atoms with Crippen LogP contribution in [0.3, 0.4) is 0 Å². The number of nitrogens with one attached hydrogen (secondary N) is 1. The van der Waals surface area contributed by atoms with Gasteiger partial charge in [0.2, 0.25) is 11.1 Å². The van der Waals surface area contributed by atoms with E-state index < -0.39 is 0 Å². The van der Waals surface area contributed by atoms with Crippen molar-refractivity contribution in [1.29, 1.82) is 0 Å². The van der Waals surface area contributed by atoms with Gasteiger partial charge in [-0.05, 0) is 48.6 Å². The van der Waals surface area contributed by atoms with E-state index in [1.807, 2.05) is 47.1 Å². The average molecular weight is 539 g/mol. The van der Waals surface area contributed by atoms with Gasteiger partial charge in [-0.1, -0.05) is 67.4 Å². The van der Waals surface area contributed by atoms with Gasteiger partial charge in [-0.2, -0.15) is 4.98 Å². The van der Waals surface area contributed by atoms with Crippen LogP contribution in [0, 0.1) is 0 Å². The second-order valence-electron chi connectivity index (χ2n) is 9.20. The predicted molar refractivity (Wildman–Crippen MR) is 147 cm³/mol. The molecule has 3 aromatic rings. The maximum Gasteiger partial charge on any atom is 0.227 e. The zero-order chi connectivity index (χ0) is 25.8. The minimum Gasteiger partial charge on any atom is -0.493 e. The van der Waals surface area contributed by atoms with Crippen LogP contribution in [-0.4, -0.2) is 34.3 Å². The minimum absolute atomic E-state index is 0.143. The van der Waals surface area contributed by atoms with E-state index in [1.54, 1.807) is 7.11 Å². The summed E-state index contributed by atoms with van der Waals surface area (Å²) in [4.78, 5) is 17.9. The third kappa shape index (κ3) is 5.50. The Morgan fingerprint density at radius 3 is 2.84 bits per heavy atom. The van der Waals surface area contributed by atoms with Crippen molar-refractivity contribution in [2.45, 2.75) is 62.4 Å². The molecule has 2 aromatic carbocycles. The largest absolute Gasteiger partial charge is 0.493 e. The molecule has 9 heteroatoms. The van der Waals surface area contributed by atoms with Crippen LogP contribution in [0.1, 0.15) is 62.6 Å². The lowest BCUT2D eigenvalue weighted by Gasteiger charge is -2.32. The van der Waals surface area contributed by atoms with Crippen LogP contribution < -0.4 is 14.8 Å². The van der Waals surface area contributed by atoms with Crippen molar-refractivity contribution in [1.82, 2.24) is 14.8 Å². The van der Waals surface area contributed by atoms with Gasteiger partial charge in [0.05, 0.1) is 13.7 Å². The van der Waals surface area contributed by atoms with Crippen molar-refractivity contribution >= 4 is 35.1 Å². The van der Waals surface area contributed by atoms with Crippen LogP contribution in [0.4, 0.5) is 5.95 Å². The van der Waals surface area contributed by atoms with Gasteiger partial charge < -0.3 is 14.8 Å². The maximum atomic E-state index is 13.2. The smallest absolute Gasteiger partial charge is 0.227 e. The highest BCUT2D eigenvalue weighted by Gasteiger charge is 2.37. The van der Waals surface area contributed by atoms with Crippen molar-refractivity contribution in [3.63, 3.8) is 0 Å². The Balaban J connectivity index is 1.47. The summed E-state index contributed by atoms with van der Waals surface area (Å²) in [6, 6.07) is 13.3. The van der Waals surface area contributed by atoms with Crippen molar-refractivity contribution in [3.8, 4) is 11.5 Å². The molecule has 7 nitrogen and oxygen atoms in total. The van der Waals surface area contributed by atoms with Crippen LogP contribution in [0.25, 0.3) is 0 Å². The molecule has 0 bridgehead atoms. The van der Waals surface area contributed by atoms with Crippen molar-refractivity contribution in [2.24, 2.45) is 0 Å². The number of halogens is 1. The summed E-state index contributed by atoms with van der Waals surface area (Å²) in [5.74, 6) is 2.78. The van der Waals surface area contributed by atoms with Crippen molar-refractivity contribution < 1.29 is 14.3 Å². The number of thioether (sulfide) groups is 1. The number of fused-ring (bicyclic) bond motifs is 1. The summed E-state index contributed by atoms with van der Waals surface area (Å²) in [7, 11) is 1.64. The number of Topliss-reactive ketones (excluding diaryl/α,β-unsaturated/α-hetero) is 1. The molecule has 0 spiro atoms. The molecule has 2 heterocycles. The summed E-state index contributed by atoms with van der Waals surface area (Å²) in [6.07, 6.45) is 5.43. The molecule has 1 aliphatic heterocycles. The molecule has 0 amide bonds. The molecule has 1 unspecified atom stereocenters. The van der Waals surface area contributed by atoms with Gasteiger partial charge in [-0.3, -0.25) is 4.79 Å². The highest BCUT2D eigenvalue weighted by atomic mass is 35.5. The molecule has 0 saturated heterocycles. The average Bonchev–Trinajstić information content (AvgIpc) is 3.32. The molecule has 1 atom stereocenters. The molecule has 37 heavy (non-hydrogen) atoms. The second kappa shape index (κ2) is 11.6. The number of allylic oxidation sites excluding steroid dienone is 2. The third-order valence-corrected chi connectivity index (χ3v) is 7.93. The highest BCUT2D eigenvalue weighted by molar-refractivity contribution is 7.98. The van der Waals surface area contributed by atoms with E-state index in [1.165, 1.54) is 11.8 Å². The zero-order valence-electron chi connectivity index (χ0n) is 21.1. The highest BCUT2D eigenvalue weighted by Crippen LogP contribution is 2.42. The Morgan fingerprint density at radius 2 is 2.03 bits per heavy atom. The molecule has 194 valence electrons. The van der Waals surface area contributed by atoms with Gasteiger partial charge in [-0.25, -0.2) is 4.68 Å². The van der Waals surface area contributed by atoms with Gasteiger partial charge in [0.25, 0.3) is 0 Å². The maximum absolute atomic E-state index is 13.2. The summed E-state index contributed by atoms with van der Waals surface area (Å²) >= 11 is 7.86. The van der Waals surface area contributed by atoms with Crippen LogP contribution in [0.5, 0.6) is 11.5 Å². The molecule has 1 aromatic heterocycles.